The highest BCUT2D eigenvalue weighted by Crippen LogP contribution is 2.29. The highest BCUT2D eigenvalue weighted by Gasteiger charge is 2.16. The van der Waals surface area contributed by atoms with E-state index >= 15 is 0 Å². The Bertz CT molecular complexity index is 647. The Kier molecular flexibility index (Phi) is 5.20. The van der Waals surface area contributed by atoms with Gasteiger partial charge in [-0.2, -0.15) is 0 Å². The zero-order valence-corrected chi connectivity index (χ0v) is 14.6. The van der Waals surface area contributed by atoms with Crippen LogP contribution in [0.1, 0.15) is 19.5 Å². The van der Waals surface area contributed by atoms with E-state index in [0.717, 1.165) is 15.7 Å². The molecule has 0 aliphatic rings. The third-order valence-electron chi connectivity index (χ3n) is 2.67. The molecule has 0 fully saturated rings. The van der Waals surface area contributed by atoms with Gasteiger partial charge in [0, 0.05) is 0 Å². The van der Waals surface area contributed by atoms with E-state index < -0.39 is 5.82 Å². The molecule has 106 valence electrons. The molecular weight excluding hydrogens is 413 g/mol. The van der Waals surface area contributed by atoms with E-state index in [4.69, 9.17) is 23.2 Å². The van der Waals surface area contributed by atoms with Crippen LogP contribution in [0.25, 0.3) is 11.4 Å². The van der Waals surface area contributed by atoms with Crippen LogP contribution in [0, 0.1) is 15.3 Å². The molecule has 0 aliphatic carbocycles. The van der Waals surface area contributed by atoms with Gasteiger partial charge in [0.1, 0.15) is 5.15 Å². The first-order valence-electron chi connectivity index (χ1n) is 6.06. The fourth-order valence-electron chi connectivity index (χ4n) is 1.78. The number of rotatable bonds is 3. The van der Waals surface area contributed by atoms with Crippen molar-refractivity contribution < 1.29 is 4.39 Å². The minimum Gasteiger partial charge on any atom is -0.232 e. The lowest BCUT2D eigenvalue weighted by atomic mass is 10.1. The van der Waals surface area contributed by atoms with Crippen LogP contribution in [-0.2, 0) is 6.42 Å². The quantitative estimate of drug-likeness (QED) is 0.487. The smallest absolute Gasteiger partial charge is 0.164 e. The predicted molar refractivity (Wildman–Crippen MR) is 88.7 cm³/mol. The van der Waals surface area contributed by atoms with E-state index in [1.807, 2.05) is 0 Å². The number of benzene rings is 1. The molecule has 0 aliphatic heterocycles. The van der Waals surface area contributed by atoms with Gasteiger partial charge in [0.15, 0.2) is 11.6 Å². The number of hydrogen-bond donors (Lipinski definition) is 0. The second kappa shape index (κ2) is 6.54. The fraction of sp³-hybridized carbons (Fsp3) is 0.286. The van der Waals surface area contributed by atoms with Gasteiger partial charge in [-0.05, 0) is 47.1 Å². The van der Waals surface area contributed by atoms with Crippen LogP contribution in [0.4, 0.5) is 4.39 Å². The van der Waals surface area contributed by atoms with E-state index in [1.54, 1.807) is 12.1 Å². The molecule has 0 spiro atoms. The van der Waals surface area contributed by atoms with Crippen LogP contribution in [0.5, 0.6) is 0 Å². The van der Waals surface area contributed by atoms with Crippen molar-refractivity contribution in [3.8, 4) is 11.4 Å². The topological polar surface area (TPSA) is 25.8 Å². The molecule has 0 N–H and O–H groups in total. The lowest BCUT2D eigenvalue weighted by molar-refractivity contribution is 0.625. The van der Waals surface area contributed by atoms with Gasteiger partial charge in [-0.1, -0.05) is 43.1 Å². The van der Waals surface area contributed by atoms with Gasteiger partial charge in [-0.25, -0.2) is 14.4 Å². The lowest BCUT2D eigenvalue weighted by Gasteiger charge is -2.11. The van der Waals surface area contributed by atoms with Gasteiger partial charge in [-0.3, -0.25) is 0 Å². The van der Waals surface area contributed by atoms with Crippen LogP contribution in [0.15, 0.2) is 18.2 Å². The molecule has 2 nitrogen and oxygen atoms in total. The summed E-state index contributed by atoms with van der Waals surface area (Å²) >= 11 is 14.0. The monoisotopic (exact) mass is 424 g/mol. The molecule has 6 heteroatoms. The second-order valence-electron chi connectivity index (χ2n) is 4.80. The molecule has 0 saturated carbocycles. The van der Waals surface area contributed by atoms with Crippen LogP contribution in [0.3, 0.4) is 0 Å². The molecule has 1 aromatic heterocycles. The van der Waals surface area contributed by atoms with Crippen molar-refractivity contribution >= 4 is 45.8 Å². The fourth-order valence-corrected chi connectivity index (χ4v) is 2.61. The maximum absolute atomic E-state index is 14.1. The van der Waals surface area contributed by atoms with E-state index in [1.165, 1.54) is 6.07 Å². The normalized spacial score (nSPS) is 11.2. The molecule has 2 rings (SSSR count). The van der Waals surface area contributed by atoms with Crippen molar-refractivity contribution in [3.63, 3.8) is 0 Å². The number of hydrogen-bond acceptors (Lipinski definition) is 2. The summed E-state index contributed by atoms with van der Waals surface area (Å²) < 4.78 is 14.9. The Balaban J connectivity index is 2.57. The Labute approximate surface area is 140 Å². The van der Waals surface area contributed by atoms with Crippen molar-refractivity contribution in [3.05, 3.63) is 43.5 Å². The van der Waals surface area contributed by atoms with Crippen LogP contribution >= 0.6 is 45.8 Å². The largest absolute Gasteiger partial charge is 0.232 e. The third kappa shape index (κ3) is 3.40. The van der Waals surface area contributed by atoms with Gasteiger partial charge in [0.05, 0.1) is 19.9 Å². The number of nitrogens with zero attached hydrogens (tertiary/aromatic N) is 2. The molecule has 0 bridgehead atoms. The molecule has 0 radical (unpaired) electrons. The van der Waals surface area contributed by atoms with Crippen LogP contribution in [0.2, 0.25) is 10.2 Å². The van der Waals surface area contributed by atoms with Crippen molar-refractivity contribution in [1.29, 1.82) is 0 Å². The standard InChI is InChI=1S/C14H12Cl2FIN2/c1-7(2)6-10-12(18)13(16)20-14(19-10)8-4-3-5-9(15)11(8)17/h3-5,7H,6H2,1-2H3. The predicted octanol–water partition coefficient (Wildman–Crippen LogP) is 5.39. The van der Waals surface area contributed by atoms with Gasteiger partial charge in [0.25, 0.3) is 0 Å². The summed E-state index contributed by atoms with van der Waals surface area (Å²) in [5, 5.41) is 0.386. The zero-order valence-electron chi connectivity index (χ0n) is 10.9. The Hall–Kier alpha value is -0.460. The number of halogens is 4. The summed E-state index contributed by atoms with van der Waals surface area (Å²) in [5.74, 6) is 0.166. The molecule has 0 unspecified atom stereocenters. The SMILES string of the molecule is CC(C)Cc1nc(-c2cccc(Cl)c2F)nc(Cl)c1I. The molecule has 1 heterocycles. The first-order valence-corrected chi connectivity index (χ1v) is 7.90. The zero-order chi connectivity index (χ0) is 14.9. The first-order chi connectivity index (χ1) is 9.40. The molecule has 0 amide bonds. The van der Waals surface area contributed by atoms with Crippen molar-refractivity contribution in [2.45, 2.75) is 20.3 Å². The summed E-state index contributed by atoms with van der Waals surface area (Å²) in [6.07, 6.45) is 0.760. The van der Waals surface area contributed by atoms with E-state index in [-0.39, 0.29) is 16.4 Å². The van der Waals surface area contributed by atoms with Crippen molar-refractivity contribution in [2.75, 3.05) is 0 Å². The molecule has 1 aromatic carbocycles. The summed E-state index contributed by atoms with van der Waals surface area (Å²) in [6, 6.07) is 4.75. The molecule has 2 aromatic rings. The summed E-state index contributed by atoms with van der Waals surface area (Å²) in [7, 11) is 0. The van der Waals surface area contributed by atoms with Gasteiger partial charge in [0.2, 0.25) is 0 Å². The van der Waals surface area contributed by atoms with E-state index in [9.17, 15) is 4.39 Å². The van der Waals surface area contributed by atoms with Crippen LogP contribution in [-0.4, -0.2) is 9.97 Å². The van der Waals surface area contributed by atoms with E-state index in [0.29, 0.717) is 11.1 Å². The van der Waals surface area contributed by atoms with Gasteiger partial charge >= 0.3 is 0 Å². The molecular formula is C14H12Cl2FIN2. The van der Waals surface area contributed by atoms with Crippen molar-refractivity contribution in [1.82, 2.24) is 9.97 Å². The maximum atomic E-state index is 14.1. The lowest BCUT2D eigenvalue weighted by Crippen LogP contribution is -2.05. The Morgan fingerprint density at radius 1 is 1.25 bits per heavy atom. The summed E-state index contributed by atoms with van der Waals surface area (Å²) in [4.78, 5) is 8.60. The highest BCUT2D eigenvalue weighted by atomic mass is 127. The highest BCUT2D eigenvalue weighted by molar-refractivity contribution is 14.1. The minimum atomic E-state index is -0.526. The average molecular weight is 425 g/mol. The van der Waals surface area contributed by atoms with Crippen molar-refractivity contribution in [2.24, 2.45) is 5.92 Å². The maximum Gasteiger partial charge on any atom is 0.164 e. The molecule has 0 saturated heterocycles. The summed E-state index contributed by atoms with van der Waals surface area (Å²) in [5.41, 5.74) is 1.09. The third-order valence-corrected chi connectivity index (χ3v) is 4.69. The molecule has 0 atom stereocenters. The van der Waals surface area contributed by atoms with Gasteiger partial charge in [-0.15, -0.1) is 0 Å². The summed E-state index contributed by atoms with van der Waals surface area (Å²) in [6.45, 7) is 4.18. The Morgan fingerprint density at radius 3 is 2.60 bits per heavy atom. The van der Waals surface area contributed by atoms with Gasteiger partial charge < -0.3 is 0 Å². The molecule has 20 heavy (non-hydrogen) atoms. The second-order valence-corrected chi connectivity index (χ2v) is 6.64. The van der Waals surface area contributed by atoms with E-state index in [2.05, 4.69) is 46.4 Å². The average Bonchev–Trinajstić information content (AvgIpc) is 2.37. The number of aromatic nitrogens is 2. The first kappa shape index (κ1) is 15.9. The Morgan fingerprint density at radius 2 is 1.95 bits per heavy atom. The minimum absolute atomic E-state index is 0.0474. The van der Waals surface area contributed by atoms with Crippen LogP contribution < -0.4 is 0 Å².